The van der Waals surface area contributed by atoms with Crippen molar-refractivity contribution in [3.8, 4) is 0 Å². The van der Waals surface area contributed by atoms with Crippen LogP contribution in [-0.2, 0) is 4.74 Å². The number of aromatic nitrogens is 1. The molecule has 0 radical (unpaired) electrons. The van der Waals surface area contributed by atoms with E-state index in [0.717, 1.165) is 17.0 Å². The Morgan fingerprint density at radius 1 is 1.47 bits per heavy atom. The van der Waals surface area contributed by atoms with Crippen LogP contribution in [0.4, 0.5) is 0 Å². The van der Waals surface area contributed by atoms with Crippen molar-refractivity contribution in [3.63, 3.8) is 0 Å². The average molecular weight is 255 g/mol. The Labute approximate surface area is 107 Å². The van der Waals surface area contributed by atoms with Crippen LogP contribution in [0.15, 0.2) is 5.51 Å². The molecular weight excluding hydrogens is 234 g/mol. The summed E-state index contributed by atoms with van der Waals surface area (Å²) >= 11 is 1.53. The van der Waals surface area contributed by atoms with Crippen LogP contribution in [0, 0.1) is 12.8 Å². The van der Waals surface area contributed by atoms with E-state index in [1.807, 2.05) is 6.92 Å². The van der Waals surface area contributed by atoms with Gasteiger partial charge in [-0.25, -0.2) is 4.98 Å². The van der Waals surface area contributed by atoms with Crippen LogP contribution in [0.3, 0.4) is 0 Å². The molecule has 1 aromatic heterocycles. The first-order valence-electron chi connectivity index (χ1n) is 6.01. The quantitative estimate of drug-likeness (QED) is 0.883. The highest BCUT2D eigenvalue weighted by Gasteiger charge is 2.49. The summed E-state index contributed by atoms with van der Waals surface area (Å²) in [5.41, 5.74) is 2.28. The molecule has 4 heteroatoms. The van der Waals surface area contributed by atoms with Crippen LogP contribution in [0.25, 0.3) is 0 Å². The Bertz CT molecular complexity index is 411. The molecule has 0 saturated carbocycles. The third-order valence-electron chi connectivity index (χ3n) is 3.58. The fourth-order valence-electron chi connectivity index (χ4n) is 2.87. The van der Waals surface area contributed by atoms with Gasteiger partial charge >= 0.3 is 0 Å². The lowest BCUT2D eigenvalue weighted by Gasteiger charge is -2.30. The Kier molecular flexibility index (Phi) is 3.09. The van der Waals surface area contributed by atoms with Crippen molar-refractivity contribution < 1.29 is 9.84 Å². The Morgan fingerprint density at radius 2 is 2.12 bits per heavy atom. The minimum absolute atomic E-state index is 0.122. The first-order valence-corrected chi connectivity index (χ1v) is 6.89. The lowest BCUT2D eigenvalue weighted by molar-refractivity contribution is -0.0877. The summed E-state index contributed by atoms with van der Waals surface area (Å²) in [5.74, 6) is 0.122. The minimum atomic E-state index is -0.473. The van der Waals surface area contributed by atoms with E-state index >= 15 is 0 Å². The van der Waals surface area contributed by atoms with Crippen molar-refractivity contribution in [1.29, 1.82) is 0 Å². The molecule has 2 atom stereocenters. The number of aliphatic hydroxyl groups excluding tert-OH is 1. The highest BCUT2D eigenvalue weighted by Crippen LogP contribution is 2.48. The van der Waals surface area contributed by atoms with Gasteiger partial charge in [-0.05, 0) is 41.0 Å². The molecular formula is C13H21NO2S. The second-order valence-electron chi connectivity index (χ2n) is 6.02. The topological polar surface area (TPSA) is 42.4 Å². The number of ether oxygens (including phenoxy) is 1. The van der Waals surface area contributed by atoms with Gasteiger partial charge in [0.2, 0.25) is 0 Å². The number of aliphatic hydroxyl groups is 1. The van der Waals surface area contributed by atoms with Gasteiger partial charge in [-0.2, -0.15) is 0 Å². The standard InChI is InChI=1S/C13H21NO2S/c1-8-11(17-7-14-8)10(15)9-6-12(2,3)16-13(9,4)5/h7,9-10,15H,6H2,1-5H3. The van der Waals surface area contributed by atoms with Gasteiger partial charge in [-0.15, -0.1) is 11.3 Å². The SMILES string of the molecule is Cc1ncsc1C(O)C1CC(C)(C)OC1(C)C. The maximum absolute atomic E-state index is 10.5. The molecule has 17 heavy (non-hydrogen) atoms. The van der Waals surface area contributed by atoms with Crippen molar-refractivity contribution in [2.24, 2.45) is 5.92 Å². The van der Waals surface area contributed by atoms with Crippen molar-refractivity contribution in [2.75, 3.05) is 0 Å². The molecule has 1 aliphatic heterocycles. The largest absolute Gasteiger partial charge is 0.387 e. The Balaban J connectivity index is 2.26. The Morgan fingerprint density at radius 3 is 2.53 bits per heavy atom. The van der Waals surface area contributed by atoms with Gasteiger partial charge in [0.05, 0.1) is 33.4 Å². The molecule has 3 nitrogen and oxygen atoms in total. The molecule has 0 aromatic carbocycles. The van der Waals surface area contributed by atoms with Crippen LogP contribution in [0.5, 0.6) is 0 Å². The van der Waals surface area contributed by atoms with E-state index in [-0.39, 0.29) is 17.1 Å². The summed E-state index contributed by atoms with van der Waals surface area (Å²) in [7, 11) is 0. The van der Waals surface area contributed by atoms with E-state index in [9.17, 15) is 5.11 Å². The van der Waals surface area contributed by atoms with Gasteiger partial charge in [0.25, 0.3) is 0 Å². The van der Waals surface area contributed by atoms with Crippen molar-refractivity contribution >= 4 is 11.3 Å². The monoisotopic (exact) mass is 255 g/mol. The zero-order valence-corrected chi connectivity index (χ0v) is 12.0. The van der Waals surface area contributed by atoms with Gasteiger partial charge < -0.3 is 9.84 Å². The van der Waals surface area contributed by atoms with Crippen LogP contribution in [0.1, 0.15) is 50.8 Å². The van der Waals surface area contributed by atoms with Gasteiger partial charge in [0.1, 0.15) is 0 Å². The van der Waals surface area contributed by atoms with E-state index in [1.165, 1.54) is 11.3 Å². The summed E-state index contributed by atoms with van der Waals surface area (Å²) in [4.78, 5) is 5.19. The molecule has 0 spiro atoms. The third-order valence-corrected chi connectivity index (χ3v) is 4.58. The van der Waals surface area contributed by atoms with Crippen LogP contribution < -0.4 is 0 Å². The van der Waals surface area contributed by atoms with E-state index < -0.39 is 6.10 Å². The van der Waals surface area contributed by atoms with Gasteiger partial charge in [-0.1, -0.05) is 0 Å². The summed E-state index contributed by atoms with van der Waals surface area (Å²) in [6.45, 7) is 10.2. The molecule has 0 amide bonds. The fourth-order valence-corrected chi connectivity index (χ4v) is 3.73. The molecule has 2 unspecified atom stereocenters. The predicted octanol–water partition coefficient (Wildman–Crippen LogP) is 3.08. The summed E-state index contributed by atoms with van der Waals surface area (Å²) in [6, 6.07) is 0. The molecule has 2 rings (SSSR count). The summed E-state index contributed by atoms with van der Waals surface area (Å²) in [6.07, 6.45) is 0.401. The highest BCUT2D eigenvalue weighted by atomic mass is 32.1. The van der Waals surface area contributed by atoms with Crippen molar-refractivity contribution in [2.45, 2.75) is 58.3 Å². The maximum Gasteiger partial charge on any atom is 0.0957 e. The van der Waals surface area contributed by atoms with E-state index in [1.54, 1.807) is 5.51 Å². The number of thiazole rings is 1. The van der Waals surface area contributed by atoms with E-state index in [4.69, 9.17) is 4.74 Å². The van der Waals surface area contributed by atoms with Gasteiger partial charge in [-0.3, -0.25) is 0 Å². The molecule has 1 N–H and O–H groups in total. The fraction of sp³-hybridized carbons (Fsp3) is 0.769. The molecule has 2 heterocycles. The van der Waals surface area contributed by atoms with E-state index in [2.05, 4.69) is 32.7 Å². The number of nitrogens with zero attached hydrogens (tertiary/aromatic N) is 1. The van der Waals surface area contributed by atoms with Crippen molar-refractivity contribution in [1.82, 2.24) is 4.98 Å². The summed E-state index contributed by atoms with van der Waals surface area (Å²) in [5, 5.41) is 10.5. The second kappa shape index (κ2) is 4.04. The summed E-state index contributed by atoms with van der Waals surface area (Å²) < 4.78 is 6.03. The van der Waals surface area contributed by atoms with Crippen LogP contribution in [0.2, 0.25) is 0 Å². The van der Waals surface area contributed by atoms with Crippen molar-refractivity contribution in [3.05, 3.63) is 16.1 Å². The predicted molar refractivity (Wildman–Crippen MR) is 69.2 cm³/mol. The normalized spacial score (nSPS) is 28.2. The lowest BCUT2D eigenvalue weighted by Crippen LogP contribution is -2.32. The van der Waals surface area contributed by atoms with E-state index in [0.29, 0.717) is 0 Å². The molecule has 1 aliphatic rings. The molecule has 1 fully saturated rings. The lowest BCUT2D eigenvalue weighted by atomic mass is 9.82. The molecule has 1 aromatic rings. The molecule has 0 bridgehead atoms. The first kappa shape index (κ1) is 13.0. The zero-order valence-electron chi connectivity index (χ0n) is 11.2. The smallest absolute Gasteiger partial charge is 0.0957 e. The maximum atomic E-state index is 10.5. The third kappa shape index (κ3) is 2.39. The van der Waals surface area contributed by atoms with Gasteiger partial charge in [0.15, 0.2) is 0 Å². The molecule has 96 valence electrons. The molecule has 0 aliphatic carbocycles. The minimum Gasteiger partial charge on any atom is -0.387 e. The van der Waals surface area contributed by atoms with Gasteiger partial charge in [0, 0.05) is 5.92 Å². The van der Waals surface area contributed by atoms with Crippen LogP contribution >= 0.6 is 11.3 Å². The molecule has 1 saturated heterocycles. The Hall–Kier alpha value is -0.450. The number of aryl methyl sites for hydroxylation is 1. The number of rotatable bonds is 2. The first-order chi connectivity index (χ1) is 7.73. The zero-order chi connectivity index (χ0) is 12.8. The number of hydrogen-bond acceptors (Lipinski definition) is 4. The highest BCUT2D eigenvalue weighted by molar-refractivity contribution is 7.09. The average Bonchev–Trinajstić information content (AvgIpc) is 2.66. The number of hydrogen-bond donors (Lipinski definition) is 1. The van der Waals surface area contributed by atoms with Crippen LogP contribution in [-0.4, -0.2) is 21.3 Å². The second-order valence-corrected chi connectivity index (χ2v) is 6.91.